The van der Waals surface area contributed by atoms with Gasteiger partial charge in [0, 0.05) is 5.56 Å². The third kappa shape index (κ3) is 4.08. The second kappa shape index (κ2) is 5.72. The van der Waals surface area contributed by atoms with Gasteiger partial charge in [0.1, 0.15) is 5.75 Å². The maximum Gasteiger partial charge on any atom is 0.573 e. The van der Waals surface area contributed by atoms with Crippen molar-refractivity contribution in [2.24, 2.45) is 5.92 Å². The highest BCUT2D eigenvalue weighted by Gasteiger charge is 2.31. The number of hydrogen-bond acceptors (Lipinski definition) is 4. The quantitative estimate of drug-likeness (QED) is 0.510. The molecule has 0 aliphatic rings. The molecule has 1 atom stereocenters. The number of carbonyl (C=O) groups is 3. The van der Waals surface area contributed by atoms with Crippen molar-refractivity contribution in [1.82, 2.24) is 0 Å². The van der Waals surface area contributed by atoms with Gasteiger partial charge in [-0.05, 0) is 31.2 Å². The van der Waals surface area contributed by atoms with Crippen LogP contribution in [0.2, 0.25) is 0 Å². The van der Waals surface area contributed by atoms with Crippen molar-refractivity contribution in [1.29, 1.82) is 0 Å². The van der Waals surface area contributed by atoms with Crippen molar-refractivity contribution in [3.05, 3.63) is 29.8 Å². The summed E-state index contributed by atoms with van der Waals surface area (Å²) in [5.74, 6) is -5.77. The number of halogens is 3. The zero-order valence-electron chi connectivity index (χ0n) is 10.1. The van der Waals surface area contributed by atoms with Gasteiger partial charge >= 0.3 is 12.3 Å². The second-order valence-electron chi connectivity index (χ2n) is 3.83. The van der Waals surface area contributed by atoms with E-state index >= 15 is 0 Å². The lowest BCUT2D eigenvalue weighted by Gasteiger charge is -2.10. The number of ether oxygens (including phenoxy) is 1. The van der Waals surface area contributed by atoms with E-state index < -0.39 is 35.6 Å². The number of Topliss-reactive ketones (excluding diaryl/α,β-unsaturated/α-hetero) is 2. The third-order valence-corrected chi connectivity index (χ3v) is 2.37. The number of ketones is 2. The van der Waals surface area contributed by atoms with Crippen LogP contribution in [0, 0.1) is 5.92 Å². The van der Waals surface area contributed by atoms with E-state index in [1.807, 2.05) is 0 Å². The SMILES string of the molecule is CC(C(=O)C(=O)O)C(=O)c1ccc(OC(F)(F)F)cc1. The molecule has 1 rings (SSSR count). The largest absolute Gasteiger partial charge is 0.573 e. The molecule has 1 unspecified atom stereocenters. The summed E-state index contributed by atoms with van der Waals surface area (Å²) in [6.45, 7) is 1.11. The molecular formula is C12H9F3O5. The van der Waals surface area contributed by atoms with Gasteiger partial charge in [-0.3, -0.25) is 9.59 Å². The van der Waals surface area contributed by atoms with Crippen LogP contribution in [0.5, 0.6) is 5.75 Å². The first kappa shape index (κ1) is 15.7. The number of carboxylic acid groups (broad SMARTS) is 1. The monoisotopic (exact) mass is 290 g/mol. The first-order chi connectivity index (χ1) is 9.11. The van der Waals surface area contributed by atoms with Gasteiger partial charge in [0.15, 0.2) is 5.78 Å². The van der Waals surface area contributed by atoms with Crippen LogP contribution in [0.1, 0.15) is 17.3 Å². The van der Waals surface area contributed by atoms with Crippen LogP contribution in [0.4, 0.5) is 13.2 Å². The highest BCUT2D eigenvalue weighted by atomic mass is 19.4. The summed E-state index contributed by atoms with van der Waals surface area (Å²) in [4.78, 5) is 33.3. The molecule has 0 bridgehead atoms. The van der Waals surface area contributed by atoms with E-state index in [-0.39, 0.29) is 5.56 Å². The second-order valence-corrected chi connectivity index (χ2v) is 3.83. The molecule has 20 heavy (non-hydrogen) atoms. The lowest BCUT2D eigenvalue weighted by atomic mass is 9.95. The Hall–Kier alpha value is -2.38. The summed E-state index contributed by atoms with van der Waals surface area (Å²) in [5, 5.41) is 8.47. The molecule has 0 heterocycles. The van der Waals surface area contributed by atoms with Gasteiger partial charge in [0.05, 0.1) is 5.92 Å². The van der Waals surface area contributed by atoms with Crippen LogP contribution in [0.15, 0.2) is 24.3 Å². The van der Waals surface area contributed by atoms with E-state index in [1.54, 1.807) is 0 Å². The lowest BCUT2D eigenvalue weighted by molar-refractivity contribution is -0.274. The van der Waals surface area contributed by atoms with E-state index in [0.29, 0.717) is 0 Å². The van der Waals surface area contributed by atoms with Crippen LogP contribution in [0.3, 0.4) is 0 Å². The molecule has 0 amide bonds. The fraction of sp³-hybridized carbons (Fsp3) is 0.250. The number of carbonyl (C=O) groups excluding carboxylic acids is 2. The van der Waals surface area contributed by atoms with Gasteiger partial charge in [-0.25, -0.2) is 4.79 Å². The molecule has 0 saturated heterocycles. The molecule has 108 valence electrons. The van der Waals surface area contributed by atoms with Crippen molar-refractivity contribution >= 4 is 17.5 Å². The Balaban J connectivity index is 2.86. The van der Waals surface area contributed by atoms with Crippen molar-refractivity contribution in [2.45, 2.75) is 13.3 Å². The number of alkyl halides is 3. The summed E-state index contributed by atoms with van der Waals surface area (Å²) >= 11 is 0. The zero-order valence-corrected chi connectivity index (χ0v) is 10.1. The molecule has 0 aromatic heterocycles. The normalized spacial score (nSPS) is 12.6. The number of aliphatic carboxylic acids is 1. The average Bonchev–Trinajstić information content (AvgIpc) is 2.35. The van der Waals surface area contributed by atoms with E-state index in [0.717, 1.165) is 31.2 Å². The van der Waals surface area contributed by atoms with Crippen molar-refractivity contribution in [3.63, 3.8) is 0 Å². The zero-order chi connectivity index (χ0) is 15.5. The fourth-order valence-electron chi connectivity index (χ4n) is 1.38. The molecule has 8 heteroatoms. The molecule has 0 aliphatic heterocycles. The molecule has 1 aromatic carbocycles. The number of hydrogen-bond donors (Lipinski definition) is 1. The van der Waals surface area contributed by atoms with Crippen molar-refractivity contribution in [2.75, 3.05) is 0 Å². The topological polar surface area (TPSA) is 80.7 Å². The molecule has 0 saturated carbocycles. The van der Waals surface area contributed by atoms with Crippen molar-refractivity contribution in [3.8, 4) is 5.75 Å². The Kier molecular flexibility index (Phi) is 4.49. The predicted molar refractivity (Wildman–Crippen MR) is 59.3 cm³/mol. The van der Waals surface area contributed by atoms with E-state index in [1.165, 1.54) is 0 Å². The van der Waals surface area contributed by atoms with Crippen LogP contribution >= 0.6 is 0 Å². The smallest absolute Gasteiger partial charge is 0.475 e. The van der Waals surface area contributed by atoms with Gasteiger partial charge < -0.3 is 9.84 Å². The Morgan fingerprint density at radius 1 is 1.15 bits per heavy atom. The lowest BCUT2D eigenvalue weighted by Crippen LogP contribution is -2.27. The molecule has 1 aromatic rings. The summed E-state index contributed by atoms with van der Waals surface area (Å²) < 4.78 is 39.4. The molecule has 0 spiro atoms. The van der Waals surface area contributed by atoms with E-state index in [2.05, 4.69) is 4.74 Å². The standard InChI is InChI=1S/C12H9F3O5/c1-6(10(17)11(18)19)9(16)7-2-4-8(5-3-7)20-12(13,14)15/h2-6H,1H3,(H,18,19). The van der Waals surface area contributed by atoms with Crippen LogP contribution in [-0.4, -0.2) is 29.0 Å². The van der Waals surface area contributed by atoms with Gasteiger partial charge in [0.25, 0.3) is 0 Å². The van der Waals surface area contributed by atoms with Gasteiger partial charge in [-0.1, -0.05) is 0 Å². The summed E-state index contributed by atoms with van der Waals surface area (Å²) in [6.07, 6.45) is -4.85. The Labute approximate surface area is 111 Å². The summed E-state index contributed by atoms with van der Waals surface area (Å²) in [5.41, 5.74) is -0.0818. The average molecular weight is 290 g/mol. The highest BCUT2D eigenvalue weighted by Crippen LogP contribution is 2.23. The fourth-order valence-corrected chi connectivity index (χ4v) is 1.38. The first-order valence-corrected chi connectivity index (χ1v) is 5.29. The van der Waals surface area contributed by atoms with Crippen LogP contribution in [0.25, 0.3) is 0 Å². The molecule has 0 radical (unpaired) electrons. The Morgan fingerprint density at radius 3 is 2.05 bits per heavy atom. The minimum Gasteiger partial charge on any atom is -0.475 e. The maximum absolute atomic E-state index is 11.9. The van der Waals surface area contributed by atoms with E-state index in [9.17, 15) is 27.6 Å². The summed E-state index contributed by atoms with van der Waals surface area (Å²) in [7, 11) is 0. The van der Waals surface area contributed by atoms with Crippen molar-refractivity contribution < 1.29 is 37.4 Å². The predicted octanol–water partition coefficient (Wildman–Crippen LogP) is 2.06. The van der Waals surface area contributed by atoms with Gasteiger partial charge in [-0.2, -0.15) is 0 Å². The number of benzene rings is 1. The minimum atomic E-state index is -4.85. The van der Waals surface area contributed by atoms with Gasteiger partial charge in [0.2, 0.25) is 5.78 Å². The van der Waals surface area contributed by atoms with E-state index in [4.69, 9.17) is 5.11 Å². The van der Waals surface area contributed by atoms with Crippen LogP contribution < -0.4 is 4.74 Å². The van der Waals surface area contributed by atoms with Gasteiger partial charge in [-0.15, -0.1) is 13.2 Å². The molecule has 1 N–H and O–H groups in total. The molecule has 5 nitrogen and oxygen atoms in total. The van der Waals surface area contributed by atoms with Crippen LogP contribution in [-0.2, 0) is 9.59 Å². The molecule has 0 aliphatic carbocycles. The third-order valence-electron chi connectivity index (χ3n) is 2.37. The first-order valence-electron chi connectivity index (χ1n) is 5.29. The maximum atomic E-state index is 11.9. The number of rotatable bonds is 5. The highest BCUT2D eigenvalue weighted by molar-refractivity contribution is 6.38. The number of carboxylic acids is 1. The molecular weight excluding hydrogens is 281 g/mol. The minimum absolute atomic E-state index is 0.0818. The Morgan fingerprint density at radius 2 is 1.65 bits per heavy atom. The Bertz CT molecular complexity index is 533. The summed E-state index contributed by atoms with van der Waals surface area (Å²) in [6, 6.07) is 3.85. The molecule has 0 fully saturated rings.